The van der Waals surface area contributed by atoms with Gasteiger partial charge in [0.1, 0.15) is 0 Å². The summed E-state index contributed by atoms with van der Waals surface area (Å²) in [5, 5.41) is 11.6. The highest BCUT2D eigenvalue weighted by Crippen LogP contribution is 2.36. The normalized spacial score (nSPS) is 17.3. The molecule has 188 valence electrons. The van der Waals surface area contributed by atoms with E-state index in [1.807, 2.05) is 6.92 Å². The van der Waals surface area contributed by atoms with Gasteiger partial charge in [0.05, 0.1) is 29.5 Å². The zero-order valence-corrected chi connectivity index (χ0v) is 20.0. The summed E-state index contributed by atoms with van der Waals surface area (Å²) in [4.78, 5) is 8.45. The van der Waals surface area contributed by atoms with Gasteiger partial charge in [0.15, 0.2) is 10.8 Å². The van der Waals surface area contributed by atoms with Gasteiger partial charge < -0.3 is 15.2 Å². The third kappa shape index (κ3) is 5.73. The number of anilines is 2. The molecule has 1 fully saturated rings. The molecule has 0 aliphatic carbocycles. The van der Waals surface area contributed by atoms with E-state index in [0.717, 1.165) is 62.7 Å². The van der Waals surface area contributed by atoms with Crippen LogP contribution in [0.2, 0.25) is 0 Å². The number of halogens is 3. The number of aryl methyl sites for hydroxylation is 1. The number of hydrogen-bond donors (Lipinski definition) is 3. The van der Waals surface area contributed by atoms with Crippen molar-refractivity contribution in [2.45, 2.75) is 43.9 Å². The molecule has 0 saturated carbocycles. The SMILES string of the molecule is CCN1CCC[C@@H](Nc2nnc(-c3ccc(C(F)(F)F)cc3NS(=O)(=O)c3cnc[nH]3)cc2C)C1. The smallest absolute Gasteiger partial charge is 0.364 e. The lowest BCUT2D eigenvalue weighted by atomic mass is 10.0. The average Bonchev–Trinajstić information content (AvgIpc) is 3.36. The Hall–Kier alpha value is -3.19. The van der Waals surface area contributed by atoms with Crippen molar-refractivity contribution in [3.63, 3.8) is 0 Å². The maximum Gasteiger partial charge on any atom is 0.416 e. The molecule has 2 aromatic heterocycles. The van der Waals surface area contributed by atoms with Gasteiger partial charge in [-0.05, 0) is 56.6 Å². The van der Waals surface area contributed by atoms with Gasteiger partial charge in [0.25, 0.3) is 10.0 Å². The lowest BCUT2D eigenvalue weighted by Crippen LogP contribution is -2.42. The van der Waals surface area contributed by atoms with E-state index in [9.17, 15) is 21.6 Å². The van der Waals surface area contributed by atoms with Crippen molar-refractivity contribution >= 4 is 21.5 Å². The van der Waals surface area contributed by atoms with Crippen LogP contribution in [0, 0.1) is 6.92 Å². The Morgan fingerprint density at radius 3 is 2.69 bits per heavy atom. The largest absolute Gasteiger partial charge is 0.416 e. The lowest BCUT2D eigenvalue weighted by Gasteiger charge is -2.32. The Morgan fingerprint density at radius 1 is 1.23 bits per heavy atom. The molecule has 4 rings (SSSR count). The molecule has 0 bridgehead atoms. The van der Waals surface area contributed by atoms with Gasteiger partial charge in [0.2, 0.25) is 0 Å². The number of H-pyrrole nitrogens is 1. The number of aromatic nitrogens is 4. The quantitative estimate of drug-likeness (QED) is 0.443. The number of benzene rings is 1. The van der Waals surface area contributed by atoms with Gasteiger partial charge >= 0.3 is 6.18 Å². The summed E-state index contributed by atoms with van der Waals surface area (Å²) < 4.78 is 67.7. The number of rotatable bonds is 7. The van der Waals surface area contributed by atoms with Crippen LogP contribution in [0.25, 0.3) is 11.3 Å². The first kappa shape index (κ1) is 24.9. The second-order valence-electron chi connectivity index (χ2n) is 8.42. The minimum Gasteiger partial charge on any atom is -0.364 e. The van der Waals surface area contributed by atoms with Gasteiger partial charge in [0, 0.05) is 18.2 Å². The highest BCUT2D eigenvalue weighted by Gasteiger charge is 2.32. The molecule has 0 unspecified atom stereocenters. The van der Waals surface area contributed by atoms with Crippen LogP contribution in [0.4, 0.5) is 24.7 Å². The van der Waals surface area contributed by atoms with Crippen molar-refractivity contribution in [3.8, 4) is 11.3 Å². The van der Waals surface area contributed by atoms with Gasteiger partial charge in [-0.3, -0.25) is 4.72 Å². The average molecular weight is 510 g/mol. The number of aromatic amines is 1. The molecular weight excluding hydrogens is 483 g/mol. The molecule has 0 amide bonds. The number of piperidine rings is 1. The fourth-order valence-electron chi connectivity index (χ4n) is 4.03. The number of nitrogens with one attached hydrogen (secondary N) is 3. The summed E-state index contributed by atoms with van der Waals surface area (Å²) in [5.41, 5.74) is -0.120. The molecular formula is C22H26F3N7O2S. The zero-order valence-electron chi connectivity index (χ0n) is 19.2. The summed E-state index contributed by atoms with van der Waals surface area (Å²) in [6, 6.07) is 4.70. The van der Waals surface area contributed by atoms with Crippen LogP contribution in [0.1, 0.15) is 30.9 Å². The Bertz CT molecular complexity index is 1280. The van der Waals surface area contributed by atoms with Crippen molar-refractivity contribution in [3.05, 3.63) is 47.9 Å². The maximum atomic E-state index is 13.4. The molecule has 1 aliphatic heterocycles. The van der Waals surface area contributed by atoms with E-state index in [0.29, 0.717) is 5.82 Å². The maximum absolute atomic E-state index is 13.4. The standard InChI is InChI=1S/C22H26F3N7O2S/c1-3-32-8-4-5-16(12-32)28-21-14(2)9-18(29-30-21)17-7-6-15(22(23,24)25)10-19(17)31-35(33,34)20-11-26-13-27-20/h6-7,9-11,13,16,31H,3-5,8,12H2,1-2H3,(H,26,27)(H,28,30)/t16-/m1/s1. The second kappa shape index (κ2) is 9.82. The summed E-state index contributed by atoms with van der Waals surface area (Å²) in [7, 11) is -4.21. The first-order valence-corrected chi connectivity index (χ1v) is 12.6. The first-order valence-electron chi connectivity index (χ1n) is 11.1. The molecule has 3 aromatic rings. The molecule has 0 spiro atoms. The van der Waals surface area contributed by atoms with Crippen LogP contribution in [-0.4, -0.2) is 59.2 Å². The molecule has 1 saturated heterocycles. The number of likely N-dealkylation sites (tertiary alicyclic amines) is 1. The molecule has 3 heterocycles. The highest BCUT2D eigenvalue weighted by molar-refractivity contribution is 7.92. The Balaban J connectivity index is 1.66. The Labute approximate surface area is 201 Å². The Kier molecular flexibility index (Phi) is 6.99. The minimum absolute atomic E-state index is 0.165. The zero-order chi connectivity index (χ0) is 25.2. The summed E-state index contributed by atoms with van der Waals surface area (Å²) >= 11 is 0. The summed E-state index contributed by atoms with van der Waals surface area (Å²) in [6.07, 6.45) is -0.368. The third-order valence-corrected chi connectivity index (χ3v) is 7.20. The molecule has 1 atom stereocenters. The first-order chi connectivity index (χ1) is 16.6. The number of hydrogen-bond acceptors (Lipinski definition) is 7. The van der Waals surface area contributed by atoms with Crippen molar-refractivity contribution in [2.75, 3.05) is 29.7 Å². The Morgan fingerprint density at radius 2 is 2.03 bits per heavy atom. The van der Waals surface area contributed by atoms with Gasteiger partial charge in [-0.15, -0.1) is 10.2 Å². The van der Waals surface area contributed by atoms with Crippen LogP contribution in [0.3, 0.4) is 0 Å². The summed E-state index contributed by atoms with van der Waals surface area (Å²) in [5.74, 6) is 0.586. The van der Waals surface area contributed by atoms with E-state index in [2.05, 4.69) is 42.0 Å². The van der Waals surface area contributed by atoms with Crippen LogP contribution in [-0.2, 0) is 16.2 Å². The number of imidazole rings is 1. The highest BCUT2D eigenvalue weighted by atomic mass is 32.2. The number of alkyl halides is 3. The molecule has 9 nitrogen and oxygen atoms in total. The molecule has 1 aromatic carbocycles. The molecule has 1 aliphatic rings. The minimum atomic E-state index is -4.66. The third-order valence-electron chi connectivity index (χ3n) is 5.91. The lowest BCUT2D eigenvalue weighted by molar-refractivity contribution is -0.137. The number of likely N-dealkylation sites (N-methyl/N-ethyl adjacent to an activating group) is 1. The van der Waals surface area contributed by atoms with Crippen LogP contribution in [0.5, 0.6) is 0 Å². The monoisotopic (exact) mass is 509 g/mol. The predicted molar refractivity (Wildman–Crippen MR) is 125 cm³/mol. The fraction of sp³-hybridized carbons (Fsp3) is 0.409. The van der Waals surface area contributed by atoms with Gasteiger partial charge in [-0.25, -0.2) is 4.98 Å². The predicted octanol–water partition coefficient (Wildman–Crippen LogP) is 3.89. The van der Waals surface area contributed by atoms with Crippen LogP contribution in [0.15, 0.2) is 41.8 Å². The number of sulfonamides is 1. The van der Waals surface area contributed by atoms with Crippen molar-refractivity contribution in [1.82, 2.24) is 25.1 Å². The summed E-state index contributed by atoms with van der Waals surface area (Å²) in [6.45, 7) is 6.85. The van der Waals surface area contributed by atoms with Gasteiger partial charge in [-0.1, -0.05) is 13.0 Å². The van der Waals surface area contributed by atoms with E-state index in [4.69, 9.17) is 0 Å². The van der Waals surface area contributed by atoms with Crippen molar-refractivity contribution in [1.29, 1.82) is 0 Å². The van der Waals surface area contributed by atoms with Crippen LogP contribution < -0.4 is 10.0 Å². The molecule has 13 heteroatoms. The van der Waals surface area contributed by atoms with Crippen molar-refractivity contribution in [2.24, 2.45) is 0 Å². The van der Waals surface area contributed by atoms with E-state index in [-0.39, 0.29) is 28.0 Å². The van der Waals surface area contributed by atoms with Crippen LogP contribution >= 0.6 is 0 Å². The van der Waals surface area contributed by atoms with Gasteiger partial charge in [-0.2, -0.15) is 21.6 Å². The molecule has 3 N–H and O–H groups in total. The molecule has 35 heavy (non-hydrogen) atoms. The van der Waals surface area contributed by atoms with E-state index in [1.165, 1.54) is 6.07 Å². The molecule has 0 radical (unpaired) electrons. The van der Waals surface area contributed by atoms with E-state index in [1.54, 1.807) is 6.07 Å². The van der Waals surface area contributed by atoms with E-state index < -0.39 is 21.8 Å². The topological polar surface area (TPSA) is 116 Å². The van der Waals surface area contributed by atoms with Crippen molar-refractivity contribution < 1.29 is 21.6 Å². The number of nitrogens with zero attached hydrogens (tertiary/aromatic N) is 4. The van der Waals surface area contributed by atoms with E-state index >= 15 is 0 Å². The fourth-order valence-corrected chi connectivity index (χ4v) is 5.01. The second-order valence-corrected chi connectivity index (χ2v) is 10.1.